The molecule has 9 fully saturated rings. The van der Waals surface area contributed by atoms with E-state index in [2.05, 4.69) is 40.7 Å². The number of ether oxygens (including phenoxy) is 10. The molecule has 0 aromatic carbocycles. The van der Waals surface area contributed by atoms with Crippen LogP contribution in [0, 0.1) is 50.2 Å². The molecule has 87 heavy (non-hydrogen) atoms. The smallest absolute Gasteiger partial charge is 0.335 e. The molecule has 10 rings (SSSR count). The van der Waals surface area contributed by atoms with Crippen LogP contribution in [0.2, 0.25) is 0 Å². The van der Waals surface area contributed by atoms with Gasteiger partial charge in [-0.2, -0.15) is 0 Å². The number of carboxylic acids is 1. The van der Waals surface area contributed by atoms with E-state index in [9.17, 15) is 91.3 Å². The topological polar surface area (TPSA) is 450 Å². The molecule has 498 valence electrons. The van der Waals surface area contributed by atoms with Gasteiger partial charge in [0.1, 0.15) is 109 Å². The van der Waals surface area contributed by atoms with Crippen LogP contribution in [-0.4, -0.2) is 273 Å². The summed E-state index contributed by atoms with van der Waals surface area (Å²) in [5.41, 5.74) is -3.12. The second-order valence-corrected chi connectivity index (χ2v) is 28.8. The Morgan fingerprint density at radius 3 is 1.83 bits per heavy atom. The van der Waals surface area contributed by atoms with E-state index in [0.29, 0.717) is 44.9 Å². The van der Waals surface area contributed by atoms with Gasteiger partial charge in [-0.25, -0.2) is 4.79 Å². The molecule has 0 bridgehead atoms. The highest BCUT2D eigenvalue weighted by Gasteiger charge is 2.72. The number of aliphatic hydroxyl groups excluding tert-OH is 15. The molecular weight excluding hydrogens is 1160 g/mol. The van der Waals surface area contributed by atoms with Crippen LogP contribution in [-0.2, 0) is 57.0 Å². The van der Waals surface area contributed by atoms with E-state index < -0.39 is 224 Å². The molecule has 5 aliphatic heterocycles. The number of fused-ring (bicyclic) bond motifs is 7. The predicted octanol–water partition coefficient (Wildman–Crippen LogP) is -3.48. The van der Waals surface area contributed by atoms with Gasteiger partial charge in [0, 0.05) is 0 Å². The third kappa shape index (κ3) is 11.2. The first kappa shape index (κ1) is 67.6. The summed E-state index contributed by atoms with van der Waals surface area (Å²) < 4.78 is 60.2. The fourth-order valence-corrected chi connectivity index (χ4v) is 17.7. The zero-order chi connectivity index (χ0) is 63.7. The van der Waals surface area contributed by atoms with Crippen LogP contribution in [0.15, 0.2) is 11.6 Å². The van der Waals surface area contributed by atoms with E-state index >= 15 is 0 Å². The Morgan fingerprint density at radius 1 is 0.563 bits per heavy atom. The van der Waals surface area contributed by atoms with Gasteiger partial charge in [-0.1, -0.05) is 60.1 Å². The van der Waals surface area contributed by atoms with Crippen molar-refractivity contribution >= 4 is 11.9 Å². The fourth-order valence-electron chi connectivity index (χ4n) is 17.7. The number of allylic oxidation sites excluding steroid dienone is 2. The molecule has 0 aromatic rings. The average molecular weight is 1250 g/mol. The van der Waals surface area contributed by atoms with E-state index in [-0.39, 0.29) is 30.1 Å². The predicted molar refractivity (Wildman–Crippen MR) is 290 cm³/mol. The normalized spacial score (nSPS) is 54.0. The van der Waals surface area contributed by atoms with E-state index in [1.807, 2.05) is 13.8 Å². The molecule has 28 heteroatoms. The summed E-state index contributed by atoms with van der Waals surface area (Å²) in [7, 11) is 0. The Morgan fingerprint density at radius 2 is 1.16 bits per heavy atom. The van der Waals surface area contributed by atoms with Gasteiger partial charge in [0.15, 0.2) is 31.3 Å². The van der Waals surface area contributed by atoms with Crippen LogP contribution < -0.4 is 0 Å². The van der Waals surface area contributed by atoms with Crippen molar-refractivity contribution in [3.63, 3.8) is 0 Å². The Kier molecular flexibility index (Phi) is 19.1. The van der Waals surface area contributed by atoms with Gasteiger partial charge in [0.25, 0.3) is 0 Å². The number of hydrogen-bond acceptors (Lipinski definition) is 27. The van der Waals surface area contributed by atoms with E-state index in [1.54, 1.807) is 0 Å². The van der Waals surface area contributed by atoms with Gasteiger partial charge >= 0.3 is 11.9 Å². The highest BCUT2D eigenvalue weighted by molar-refractivity contribution is 5.80. The molecule has 5 aliphatic carbocycles. The molecule has 4 saturated carbocycles. The molecular formula is C59H94O28. The summed E-state index contributed by atoms with van der Waals surface area (Å²) in [6.07, 6.45) is -38.9. The van der Waals surface area contributed by atoms with E-state index in [4.69, 9.17) is 47.4 Å². The summed E-state index contributed by atoms with van der Waals surface area (Å²) >= 11 is 0. The molecule has 0 spiro atoms. The number of hydrogen-bond donors (Lipinski definition) is 16. The third-order valence-corrected chi connectivity index (χ3v) is 23.1. The Balaban J connectivity index is 0.947. The quantitative estimate of drug-likeness (QED) is 0.0484. The lowest BCUT2D eigenvalue weighted by atomic mass is 9.33. The largest absolute Gasteiger partial charge is 0.479 e. The first-order valence-electron chi connectivity index (χ1n) is 30.7. The number of rotatable bonds is 13. The van der Waals surface area contributed by atoms with Gasteiger partial charge in [0.05, 0.1) is 38.1 Å². The van der Waals surface area contributed by atoms with Crippen LogP contribution in [0.3, 0.4) is 0 Å². The average Bonchev–Trinajstić information content (AvgIpc) is 0.676. The first-order valence-corrected chi connectivity index (χ1v) is 30.7. The van der Waals surface area contributed by atoms with Crippen LogP contribution in [0.5, 0.6) is 0 Å². The third-order valence-electron chi connectivity index (χ3n) is 23.1. The van der Waals surface area contributed by atoms with Gasteiger partial charge in [-0.05, 0) is 110 Å². The minimum absolute atomic E-state index is 0.0243. The van der Waals surface area contributed by atoms with E-state index in [0.717, 1.165) is 5.57 Å². The molecule has 0 unspecified atom stereocenters. The zero-order valence-electron chi connectivity index (χ0n) is 50.4. The maximum atomic E-state index is 14.9. The minimum Gasteiger partial charge on any atom is -0.479 e. The van der Waals surface area contributed by atoms with Crippen LogP contribution in [0.4, 0.5) is 0 Å². The number of carboxylic acid groups (broad SMARTS) is 1. The zero-order valence-corrected chi connectivity index (χ0v) is 50.4. The van der Waals surface area contributed by atoms with Gasteiger partial charge in [-0.3, -0.25) is 4.79 Å². The molecule has 0 amide bonds. The van der Waals surface area contributed by atoms with Crippen LogP contribution in [0.1, 0.15) is 113 Å². The Bertz CT molecular complexity index is 2490. The minimum atomic E-state index is -2.19. The van der Waals surface area contributed by atoms with Gasteiger partial charge in [0.2, 0.25) is 6.29 Å². The molecule has 0 aromatic heterocycles. The highest BCUT2D eigenvalue weighted by atomic mass is 16.8. The molecule has 16 N–H and O–H groups in total. The number of carbonyl (C=O) groups is 2. The van der Waals surface area contributed by atoms with E-state index in [1.165, 1.54) is 6.92 Å². The number of aliphatic carboxylic acids is 1. The summed E-state index contributed by atoms with van der Waals surface area (Å²) in [6, 6.07) is 0. The SMILES string of the molecule is C[C@@H]1O[C@@H](O[C@@H]2[C@@H](O)[C@H](O[C@H]3[C@H](O[C@H]4CC[C@]5(C)[C@H]6CC=C7[C@H]8CC(C)(C)CC[C@]8(C(=O)O[C@@H]8O[C@H](CO)[C@@H](O)[C@H](O)[C@H]8O)[C@H](O)C[C@@]7(C)[C@]6(C)CC[C@H]5C4(C)C)O[C@H](C(=O)O)[C@@H](O)[C@@H]3O[C@@H]3OC[C@@H](O)[C@H](O)[C@H]3O)O[C@H](CO)[C@H]2O)[C@H](O)[C@H](O)[C@H]1O. The molecule has 5 saturated heterocycles. The van der Waals surface area contributed by atoms with Gasteiger partial charge in [-0.15, -0.1) is 0 Å². The molecule has 5 heterocycles. The van der Waals surface area contributed by atoms with Crippen molar-refractivity contribution in [2.24, 2.45) is 50.2 Å². The summed E-state index contributed by atoms with van der Waals surface area (Å²) in [4.78, 5) is 28.0. The highest BCUT2D eigenvalue weighted by Crippen LogP contribution is 2.76. The number of carbonyl (C=O) groups excluding carboxylic acids is 1. The lowest BCUT2D eigenvalue weighted by molar-refractivity contribution is -0.400. The first-order chi connectivity index (χ1) is 40.6. The lowest BCUT2D eigenvalue weighted by Crippen LogP contribution is -2.69. The fraction of sp³-hybridized carbons (Fsp3) is 0.932. The number of esters is 1. The Labute approximate surface area is 503 Å². The second-order valence-electron chi connectivity index (χ2n) is 28.8. The van der Waals surface area contributed by atoms with Crippen LogP contribution in [0.25, 0.3) is 0 Å². The lowest BCUT2D eigenvalue weighted by Gasteiger charge is -2.71. The van der Waals surface area contributed by atoms with Crippen molar-refractivity contribution in [2.45, 2.75) is 273 Å². The number of aliphatic hydroxyl groups is 15. The standard InChI is InChI=1S/C59H94O28/c1-22-32(64)36(68)39(71)49(79-22)83-43-35(67)27(20-61)81-51(42(43)74)86-46-44(84-48-38(70)33(65)25(62)21-78-48)41(73)45(47(75)76)85-52(46)82-31-12-13-56(6)28(55(31,4)5)11-14-57(7)29(56)10-9-23-24-17-54(2,3)15-16-59(24,30(63)18-58(23,57)8)53(77)87-50-40(72)37(69)34(66)26(19-60)80-50/h9,22,24-46,48-52,60-74H,10-21H2,1-8H3,(H,75,76)/t22-,24+,25+,26+,27+,28-,29+,30+,31-,32-,33-,34+,35+,36+,37-,38+,39+,40+,41-,42+,43-,44-,45-,46+,48-,49-,50-,51-,52+,56-,57+,58+,59+/m0/s1. The van der Waals surface area contributed by atoms with Crippen molar-refractivity contribution in [3.05, 3.63) is 11.6 Å². The Hall–Kier alpha value is -2.28. The maximum absolute atomic E-state index is 14.9. The van der Waals surface area contributed by atoms with Gasteiger partial charge < -0.3 is 129 Å². The summed E-state index contributed by atoms with van der Waals surface area (Å²) in [6.45, 7) is 14.1. The summed E-state index contributed by atoms with van der Waals surface area (Å²) in [5, 5.41) is 175. The molecule has 0 radical (unpaired) electrons. The second kappa shape index (κ2) is 24.6. The molecule has 33 atom stereocenters. The summed E-state index contributed by atoms with van der Waals surface area (Å²) in [5.74, 6) is -3.16. The maximum Gasteiger partial charge on any atom is 0.335 e. The van der Waals surface area contributed by atoms with Crippen molar-refractivity contribution in [1.82, 2.24) is 0 Å². The molecule has 28 nitrogen and oxygen atoms in total. The van der Waals surface area contributed by atoms with Crippen molar-refractivity contribution in [2.75, 3.05) is 19.8 Å². The van der Waals surface area contributed by atoms with Crippen molar-refractivity contribution in [1.29, 1.82) is 0 Å². The van der Waals surface area contributed by atoms with Crippen molar-refractivity contribution < 1.29 is 139 Å². The van der Waals surface area contributed by atoms with Crippen molar-refractivity contribution in [3.8, 4) is 0 Å². The van der Waals surface area contributed by atoms with Crippen LogP contribution >= 0.6 is 0 Å². The molecule has 10 aliphatic rings. The monoisotopic (exact) mass is 1250 g/mol.